The summed E-state index contributed by atoms with van der Waals surface area (Å²) in [7, 11) is 0. The van der Waals surface area contributed by atoms with Crippen molar-refractivity contribution in [1.82, 2.24) is 20.6 Å². The maximum Gasteiger partial charge on any atom is 0.408 e. The van der Waals surface area contributed by atoms with Crippen LogP contribution in [0.2, 0.25) is 0 Å². The third-order valence-electron chi connectivity index (χ3n) is 3.98. The predicted octanol–water partition coefficient (Wildman–Crippen LogP) is 3.57. The lowest BCUT2D eigenvalue weighted by Gasteiger charge is -2.19. The molecule has 1 unspecified atom stereocenters. The van der Waals surface area contributed by atoms with Crippen molar-refractivity contribution >= 4 is 34.8 Å². The van der Waals surface area contributed by atoms with E-state index in [4.69, 9.17) is 4.74 Å². The maximum absolute atomic E-state index is 12.6. The SMILES string of the molecule is CC(C)SC(NC(=O)OCc1ccccc1)C(=O)NCc1nc2ccccc2[nH]1. The lowest BCUT2D eigenvalue weighted by Crippen LogP contribution is -2.45. The van der Waals surface area contributed by atoms with Gasteiger partial charge in [-0.1, -0.05) is 56.3 Å². The summed E-state index contributed by atoms with van der Waals surface area (Å²) in [6, 6.07) is 17.0. The zero-order valence-corrected chi connectivity index (χ0v) is 17.2. The number of ether oxygens (including phenoxy) is 1. The minimum absolute atomic E-state index is 0.145. The van der Waals surface area contributed by atoms with Gasteiger partial charge in [-0.2, -0.15) is 0 Å². The van der Waals surface area contributed by atoms with Gasteiger partial charge in [0.2, 0.25) is 0 Å². The van der Waals surface area contributed by atoms with Crippen molar-refractivity contribution in [2.75, 3.05) is 0 Å². The van der Waals surface area contributed by atoms with Crippen molar-refractivity contribution in [3.05, 3.63) is 66.0 Å². The first-order chi connectivity index (χ1) is 14.0. The fourth-order valence-corrected chi connectivity index (χ4v) is 3.57. The van der Waals surface area contributed by atoms with Crippen LogP contribution in [-0.4, -0.2) is 32.6 Å². The molecule has 0 fully saturated rings. The number of amides is 2. The number of thioether (sulfide) groups is 1. The molecule has 0 aliphatic heterocycles. The highest BCUT2D eigenvalue weighted by atomic mass is 32.2. The summed E-state index contributed by atoms with van der Waals surface area (Å²) in [6.45, 7) is 4.30. The van der Waals surface area contributed by atoms with Crippen LogP contribution in [0.1, 0.15) is 25.2 Å². The van der Waals surface area contributed by atoms with Crippen LogP contribution in [0.4, 0.5) is 4.79 Å². The molecule has 3 rings (SSSR count). The molecule has 0 radical (unpaired) electrons. The van der Waals surface area contributed by atoms with E-state index < -0.39 is 11.5 Å². The van der Waals surface area contributed by atoms with E-state index in [1.807, 2.05) is 68.4 Å². The van der Waals surface area contributed by atoms with Crippen molar-refractivity contribution in [2.24, 2.45) is 0 Å². The topological polar surface area (TPSA) is 96.1 Å². The number of aromatic amines is 1. The number of para-hydroxylation sites is 2. The summed E-state index contributed by atoms with van der Waals surface area (Å²) >= 11 is 1.34. The van der Waals surface area contributed by atoms with E-state index in [0.29, 0.717) is 5.82 Å². The Balaban J connectivity index is 1.54. The molecule has 2 amide bonds. The van der Waals surface area contributed by atoms with Crippen LogP contribution >= 0.6 is 11.8 Å². The molecule has 152 valence electrons. The number of carbonyl (C=O) groups excluding carboxylic acids is 2. The fraction of sp³-hybridized carbons (Fsp3) is 0.286. The van der Waals surface area contributed by atoms with Crippen molar-refractivity contribution < 1.29 is 14.3 Å². The number of rotatable bonds is 8. The van der Waals surface area contributed by atoms with Crippen molar-refractivity contribution in [2.45, 2.75) is 37.6 Å². The molecule has 1 heterocycles. The highest BCUT2D eigenvalue weighted by molar-refractivity contribution is 8.01. The molecule has 1 atom stereocenters. The lowest BCUT2D eigenvalue weighted by atomic mass is 10.2. The van der Waals surface area contributed by atoms with Crippen LogP contribution in [0.5, 0.6) is 0 Å². The molecule has 0 aliphatic rings. The Morgan fingerprint density at radius 3 is 2.55 bits per heavy atom. The number of nitrogens with zero attached hydrogens (tertiary/aromatic N) is 1. The number of imidazole rings is 1. The molecular formula is C21H24N4O3S. The highest BCUT2D eigenvalue weighted by Crippen LogP contribution is 2.16. The number of alkyl carbamates (subject to hydrolysis) is 1. The summed E-state index contributed by atoms with van der Waals surface area (Å²) in [5.74, 6) is 0.348. The molecule has 0 saturated heterocycles. The standard InChI is InChI=1S/C21H24N4O3S/c1-14(2)29-20(25-21(27)28-13-15-8-4-3-5-9-15)19(26)22-12-18-23-16-10-6-7-11-17(16)24-18/h3-11,14,20H,12-13H2,1-2H3,(H,22,26)(H,23,24)(H,25,27). The first-order valence-corrected chi connectivity index (χ1v) is 10.3. The van der Waals surface area contributed by atoms with Gasteiger partial charge in [-0.3, -0.25) is 4.79 Å². The molecule has 29 heavy (non-hydrogen) atoms. The molecule has 3 N–H and O–H groups in total. The number of carbonyl (C=O) groups is 2. The number of H-pyrrole nitrogens is 1. The Kier molecular flexibility index (Phi) is 7.13. The van der Waals surface area contributed by atoms with Gasteiger partial charge >= 0.3 is 6.09 Å². The number of hydrogen-bond donors (Lipinski definition) is 3. The lowest BCUT2D eigenvalue weighted by molar-refractivity contribution is -0.121. The second-order valence-electron chi connectivity index (χ2n) is 6.69. The summed E-state index contributed by atoms with van der Waals surface area (Å²) in [5, 5.41) is 4.84. The van der Waals surface area contributed by atoms with Gasteiger partial charge in [0, 0.05) is 5.25 Å². The van der Waals surface area contributed by atoms with Gasteiger partial charge in [-0.05, 0) is 17.7 Å². The Hall–Kier alpha value is -3.00. The Labute approximate surface area is 173 Å². The molecule has 0 spiro atoms. The summed E-state index contributed by atoms with van der Waals surface area (Å²) in [6.07, 6.45) is -0.633. The Morgan fingerprint density at radius 2 is 1.83 bits per heavy atom. The molecule has 0 saturated carbocycles. The van der Waals surface area contributed by atoms with E-state index in [1.165, 1.54) is 11.8 Å². The quantitative estimate of drug-likeness (QED) is 0.492. The number of fused-ring (bicyclic) bond motifs is 1. The highest BCUT2D eigenvalue weighted by Gasteiger charge is 2.23. The van der Waals surface area contributed by atoms with Crippen molar-refractivity contribution in [1.29, 1.82) is 0 Å². The molecule has 2 aromatic carbocycles. The monoisotopic (exact) mass is 412 g/mol. The number of benzene rings is 2. The van der Waals surface area contributed by atoms with Gasteiger partial charge in [0.25, 0.3) is 5.91 Å². The van der Waals surface area contributed by atoms with Gasteiger partial charge in [-0.25, -0.2) is 9.78 Å². The van der Waals surface area contributed by atoms with Crippen LogP contribution in [0.15, 0.2) is 54.6 Å². The van der Waals surface area contributed by atoms with E-state index >= 15 is 0 Å². The van der Waals surface area contributed by atoms with Crippen LogP contribution in [-0.2, 0) is 22.7 Å². The van der Waals surface area contributed by atoms with Gasteiger partial charge < -0.3 is 20.4 Å². The van der Waals surface area contributed by atoms with Crippen molar-refractivity contribution in [3.8, 4) is 0 Å². The molecule has 8 heteroatoms. The van der Waals surface area contributed by atoms with E-state index in [-0.39, 0.29) is 24.3 Å². The fourth-order valence-electron chi connectivity index (χ4n) is 2.66. The first kappa shape index (κ1) is 20.7. The van der Waals surface area contributed by atoms with Gasteiger partial charge in [0.05, 0.1) is 17.6 Å². The zero-order chi connectivity index (χ0) is 20.6. The van der Waals surface area contributed by atoms with Gasteiger partial charge in [0.15, 0.2) is 5.37 Å². The number of nitrogens with one attached hydrogen (secondary N) is 3. The van der Waals surface area contributed by atoms with Crippen LogP contribution < -0.4 is 10.6 Å². The largest absolute Gasteiger partial charge is 0.445 e. The zero-order valence-electron chi connectivity index (χ0n) is 16.3. The molecule has 3 aromatic rings. The molecule has 0 aliphatic carbocycles. The van der Waals surface area contributed by atoms with E-state index in [1.54, 1.807) is 0 Å². The summed E-state index contributed by atoms with van der Waals surface area (Å²) in [5.41, 5.74) is 2.63. The second kappa shape index (κ2) is 9.97. The van der Waals surface area contributed by atoms with E-state index in [9.17, 15) is 9.59 Å². The molecular weight excluding hydrogens is 388 g/mol. The summed E-state index contributed by atoms with van der Waals surface area (Å²) in [4.78, 5) is 32.4. The smallest absolute Gasteiger partial charge is 0.408 e. The molecule has 1 aromatic heterocycles. The van der Waals surface area contributed by atoms with E-state index in [2.05, 4.69) is 20.6 Å². The molecule has 7 nitrogen and oxygen atoms in total. The normalized spacial score (nSPS) is 12.0. The predicted molar refractivity (Wildman–Crippen MR) is 114 cm³/mol. The van der Waals surface area contributed by atoms with E-state index in [0.717, 1.165) is 16.6 Å². The van der Waals surface area contributed by atoms with Crippen molar-refractivity contribution in [3.63, 3.8) is 0 Å². The van der Waals surface area contributed by atoms with Gasteiger partial charge in [-0.15, -0.1) is 11.8 Å². The summed E-state index contributed by atoms with van der Waals surface area (Å²) < 4.78 is 5.23. The Bertz CT molecular complexity index is 926. The van der Waals surface area contributed by atoms with Crippen LogP contribution in [0, 0.1) is 0 Å². The molecule has 0 bridgehead atoms. The van der Waals surface area contributed by atoms with Gasteiger partial charge in [0.1, 0.15) is 12.4 Å². The second-order valence-corrected chi connectivity index (χ2v) is 8.38. The minimum Gasteiger partial charge on any atom is -0.445 e. The third kappa shape index (κ3) is 6.25. The van der Waals surface area contributed by atoms with Crippen LogP contribution in [0.25, 0.3) is 11.0 Å². The maximum atomic E-state index is 12.6. The average Bonchev–Trinajstić information content (AvgIpc) is 3.13. The Morgan fingerprint density at radius 1 is 1.10 bits per heavy atom. The number of aromatic nitrogens is 2. The average molecular weight is 413 g/mol. The van der Waals surface area contributed by atoms with Crippen LogP contribution in [0.3, 0.4) is 0 Å². The number of hydrogen-bond acceptors (Lipinski definition) is 5. The minimum atomic E-state index is -0.761. The first-order valence-electron chi connectivity index (χ1n) is 9.35. The third-order valence-corrected chi connectivity index (χ3v) is 5.12.